The van der Waals surface area contributed by atoms with Crippen molar-refractivity contribution in [3.05, 3.63) is 48.0 Å². The highest BCUT2D eigenvalue weighted by Crippen LogP contribution is 2.20. The average Bonchev–Trinajstić information content (AvgIpc) is 2.34. The van der Waals surface area contributed by atoms with Crippen molar-refractivity contribution in [3.63, 3.8) is 0 Å². The van der Waals surface area contributed by atoms with Gasteiger partial charge in [-0.2, -0.15) is 0 Å². The van der Waals surface area contributed by atoms with E-state index in [1.807, 2.05) is 0 Å². The van der Waals surface area contributed by atoms with Crippen molar-refractivity contribution in [2.24, 2.45) is 0 Å². The molecule has 0 saturated heterocycles. The van der Waals surface area contributed by atoms with Gasteiger partial charge in [0.1, 0.15) is 0 Å². The first-order valence-corrected chi connectivity index (χ1v) is 6.66. The average molecular weight is 231 g/mol. The first-order valence-electron chi connectivity index (χ1n) is 6.66. The maximum Gasteiger partial charge on any atom is 0.0320 e. The highest BCUT2D eigenvalue weighted by Gasteiger charge is 2.09. The summed E-state index contributed by atoms with van der Waals surface area (Å²) in [5, 5.41) is 3.63. The zero-order valence-corrected chi connectivity index (χ0v) is 11.2. The second-order valence-corrected chi connectivity index (χ2v) is 4.77. The maximum atomic E-state index is 3.97. The Hall–Kier alpha value is -1.08. The molecule has 0 spiro atoms. The van der Waals surface area contributed by atoms with Crippen LogP contribution < -0.4 is 5.32 Å². The van der Waals surface area contributed by atoms with Crippen LogP contribution in [0.25, 0.3) is 0 Å². The lowest BCUT2D eigenvalue weighted by molar-refractivity contribution is 0.484. The van der Waals surface area contributed by atoms with E-state index >= 15 is 0 Å². The highest BCUT2D eigenvalue weighted by molar-refractivity contribution is 5.18. The van der Waals surface area contributed by atoms with Crippen molar-refractivity contribution in [1.29, 1.82) is 0 Å². The van der Waals surface area contributed by atoms with Gasteiger partial charge < -0.3 is 5.32 Å². The summed E-state index contributed by atoms with van der Waals surface area (Å²) in [4.78, 5) is 0. The molecule has 0 aromatic heterocycles. The minimum Gasteiger partial charge on any atom is -0.310 e. The largest absolute Gasteiger partial charge is 0.310 e. The molecule has 0 aliphatic carbocycles. The number of nitrogens with one attached hydrogen (secondary N) is 1. The quantitative estimate of drug-likeness (QED) is 0.651. The van der Waals surface area contributed by atoms with Crippen LogP contribution in [0, 0.1) is 0 Å². The van der Waals surface area contributed by atoms with Crippen LogP contribution >= 0.6 is 0 Å². The van der Waals surface area contributed by atoms with E-state index < -0.39 is 0 Å². The van der Waals surface area contributed by atoms with E-state index in [0.29, 0.717) is 6.04 Å². The van der Waals surface area contributed by atoms with E-state index in [0.717, 1.165) is 13.0 Å². The number of hydrogen-bond donors (Lipinski definition) is 1. The van der Waals surface area contributed by atoms with Gasteiger partial charge in [0.2, 0.25) is 0 Å². The number of benzene rings is 1. The summed E-state index contributed by atoms with van der Waals surface area (Å²) in [5.74, 6) is 0. The standard InChI is InChI=1S/C16H25N/c1-4-13-17-16(12-8-9-14(2)3)15-10-6-5-7-11-15/h5-7,10-11,16-17H,2,4,8-9,12-13H2,1,3H3. The van der Waals surface area contributed by atoms with E-state index in [1.54, 1.807) is 0 Å². The van der Waals surface area contributed by atoms with Crippen LogP contribution in [-0.2, 0) is 0 Å². The second kappa shape index (κ2) is 8.08. The van der Waals surface area contributed by atoms with Crippen LogP contribution in [0.5, 0.6) is 0 Å². The summed E-state index contributed by atoms with van der Waals surface area (Å²) in [6.45, 7) is 9.38. The third-order valence-corrected chi connectivity index (χ3v) is 2.94. The summed E-state index contributed by atoms with van der Waals surface area (Å²) < 4.78 is 0. The molecule has 1 heteroatoms. The smallest absolute Gasteiger partial charge is 0.0320 e. The Labute approximate surface area is 106 Å². The molecule has 17 heavy (non-hydrogen) atoms. The molecule has 0 bridgehead atoms. The summed E-state index contributed by atoms with van der Waals surface area (Å²) >= 11 is 0. The molecule has 1 unspecified atom stereocenters. The van der Waals surface area contributed by atoms with Gasteiger partial charge in [0, 0.05) is 6.04 Å². The van der Waals surface area contributed by atoms with E-state index in [2.05, 4.69) is 56.1 Å². The van der Waals surface area contributed by atoms with Gasteiger partial charge in [0.05, 0.1) is 0 Å². The Bertz CT molecular complexity index is 316. The van der Waals surface area contributed by atoms with Gasteiger partial charge in [-0.1, -0.05) is 42.8 Å². The van der Waals surface area contributed by atoms with Crippen molar-refractivity contribution in [3.8, 4) is 0 Å². The second-order valence-electron chi connectivity index (χ2n) is 4.77. The molecule has 0 radical (unpaired) electrons. The molecule has 0 aliphatic heterocycles. The molecule has 0 fully saturated rings. The Morgan fingerprint density at radius 3 is 2.59 bits per heavy atom. The van der Waals surface area contributed by atoms with Crippen molar-refractivity contribution in [1.82, 2.24) is 5.32 Å². The molecule has 1 aromatic carbocycles. The predicted octanol–water partition coefficient (Wildman–Crippen LogP) is 4.47. The van der Waals surface area contributed by atoms with Crippen molar-refractivity contribution in [2.45, 2.75) is 45.6 Å². The van der Waals surface area contributed by atoms with Crippen LogP contribution in [0.3, 0.4) is 0 Å². The van der Waals surface area contributed by atoms with Crippen LogP contribution in [-0.4, -0.2) is 6.54 Å². The minimum absolute atomic E-state index is 0.496. The molecular weight excluding hydrogens is 206 g/mol. The van der Waals surface area contributed by atoms with Gasteiger partial charge in [-0.25, -0.2) is 0 Å². The van der Waals surface area contributed by atoms with E-state index in [4.69, 9.17) is 0 Å². The monoisotopic (exact) mass is 231 g/mol. The van der Waals surface area contributed by atoms with Gasteiger partial charge >= 0.3 is 0 Å². The van der Waals surface area contributed by atoms with Crippen molar-refractivity contribution < 1.29 is 0 Å². The molecule has 0 amide bonds. The molecule has 0 saturated carbocycles. The molecule has 1 nitrogen and oxygen atoms in total. The summed E-state index contributed by atoms with van der Waals surface area (Å²) in [6, 6.07) is 11.2. The zero-order chi connectivity index (χ0) is 12.5. The highest BCUT2D eigenvalue weighted by atomic mass is 14.9. The van der Waals surface area contributed by atoms with Gasteiger partial charge in [-0.05, 0) is 44.7 Å². The fraction of sp³-hybridized carbons (Fsp3) is 0.500. The molecule has 0 heterocycles. The predicted molar refractivity (Wildman–Crippen MR) is 76.1 cm³/mol. The van der Waals surface area contributed by atoms with E-state index in [-0.39, 0.29) is 0 Å². The first-order chi connectivity index (χ1) is 8.24. The molecular formula is C16H25N. The fourth-order valence-corrected chi connectivity index (χ4v) is 2.00. The summed E-state index contributed by atoms with van der Waals surface area (Å²) in [5.41, 5.74) is 2.69. The van der Waals surface area contributed by atoms with Gasteiger partial charge in [-0.15, -0.1) is 6.58 Å². The Morgan fingerprint density at radius 1 is 1.29 bits per heavy atom. The Kier molecular flexibility index (Phi) is 6.64. The fourth-order valence-electron chi connectivity index (χ4n) is 2.00. The maximum absolute atomic E-state index is 3.97. The van der Waals surface area contributed by atoms with Crippen molar-refractivity contribution in [2.75, 3.05) is 6.54 Å². The van der Waals surface area contributed by atoms with Crippen molar-refractivity contribution >= 4 is 0 Å². The molecule has 1 atom stereocenters. The van der Waals surface area contributed by atoms with Crippen LogP contribution in [0.2, 0.25) is 0 Å². The minimum atomic E-state index is 0.496. The molecule has 0 aliphatic rings. The van der Waals surface area contributed by atoms with Crippen LogP contribution in [0.15, 0.2) is 42.5 Å². The third-order valence-electron chi connectivity index (χ3n) is 2.94. The first kappa shape index (κ1) is 14.0. The van der Waals surface area contributed by atoms with E-state index in [9.17, 15) is 0 Å². The molecule has 1 rings (SSSR count). The number of hydrogen-bond acceptors (Lipinski definition) is 1. The Morgan fingerprint density at radius 2 is 2.00 bits per heavy atom. The third kappa shape index (κ3) is 5.69. The lowest BCUT2D eigenvalue weighted by atomic mass is 9.99. The topological polar surface area (TPSA) is 12.0 Å². The normalized spacial score (nSPS) is 12.4. The summed E-state index contributed by atoms with van der Waals surface area (Å²) in [7, 11) is 0. The number of allylic oxidation sites excluding steroid dienone is 1. The molecule has 1 aromatic rings. The van der Waals surface area contributed by atoms with Gasteiger partial charge in [0.25, 0.3) is 0 Å². The van der Waals surface area contributed by atoms with Gasteiger partial charge in [-0.3, -0.25) is 0 Å². The summed E-state index contributed by atoms with van der Waals surface area (Å²) in [6.07, 6.45) is 4.73. The lowest BCUT2D eigenvalue weighted by Gasteiger charge is -2.19. The van der Waals surface area contributed by atoms with Crippen LogP contribution in [0.1, 0.15) is 51.1 Å². The number of rotatable bonds is 8. The lowest BCUT2D eigenvalue weighted by Crippen LogP contribution is -2.22. The van der Waals surface area contributed by atoms with E-state index in [1.165, 1.54) is 30.4 Å². The Balaban J connectivity index is 2.51. The molecule has 1 N–H and O–H groups in total. The SMILES string of the molecule is C=C(C)CCCC(NCCC)c1ccccc1. The zero-order valence-electron chi connectivity index (χ0n) is 11.2. The van der Waals surface area contributed by atoms with Crippen LogP contribution in [0.4, 0.5) is 0 Å². The molecule has 94 valence electrons. The van der Waals surface area contributed by atoms with Gasteiger partial charge in [0.15, 0.2) is 0 Å².